The molecule has 3 atom stereocenters. The van der Waals surface area contributed by atoms with Crippen LogP contribution in [-0.4, -0.2) is 30.3 Å². The topological polar surface area (TPSA) is 47.3 Å². The molecule has 1 aliphatic rings. The Hall–Kier alpha value is 0.230. The molecule has 1 aliphatic heterocycles. The van der Waals surface area contributed by atoms with E-state index < -0.39 is 0 Å². The zero-order valence-corrected chi connectivity index (χ0v) is 12.1. The first-order chi connectivity index (χ1) is 8.31. The van der Waals surface area contributed by atoms with Crippen molar-refractivity contribution in [2.45, 2.75) is 58.1 Å². The molecular formula is C13H28N2OS. The second-order valence-electron chi connectivity index (χ2n) is 4.91. The van der Waals surface area contributed by atoms with Crippen molar-refractivity contribution in [2.75, 3.05) is 18.1 Å². The molecule has 3 nitrogen and oxygen atoms in total. The van der Waals surface area contributed by atoms with Gasteiger partial charge in [-0.2, -0.15) is 11.8 Å². The molecule has 1 saturated heterocycles. The van der Waals surface area contributed by atoms with Gasteiger partial charge >= 0.3 is 0 Å². The van der Waals surface area contributed by atoms with Crippen molar-refractivity contribution in [3.8, 4) is 0 Å². The molecule has 1 fully saturated rings. The molecule has 0 spiro atoms. The molecule has 4 heteroatoms. The molecule has 1 rings (SSSR count). The lowest BCUT2D eigenvalue weighted by Crippen LogP contribution is -2.48. The maximum absolute atomic E-state index is 5.82. The Bertz CT molecular complexity index is 186. The molecule has 102 valence electrons. The molecule has 3 unspecified atom stereocenters. The van der Waals surface area contributed by atoms with Crippen LogP contribution in [0.3, 0.4) is 0 Å². The Kier molecular flexibility index (Phi) is 8.27. The van der Waals surface area contributed by atoms with Crippen LogP contribution in [0.4, 0.5) is 0 Å². The maximum Gasteiger partial charge on any atom is 0.0832 e. The van der Waals surface area contributed by atoms with Crippen LogP contribution in [0.2, 0.25) is 0 Å². The molecule has 1 heterocycles. The lowest BCUT2D eigenvalue weighted by molar-refractivity contribution is 0.0394. The van der Waals surface area contributed by atoms with E-state index in [0.29, 0.717) is 12.1 Å². The summed E-state index contributed by atoms with van der Waals surface area (Å²) in [5.41, 5.74) is 2.97. The fourth-order valence-corrected chi connectivity index (χ4v) is 3.35. The third kappa shape index (κ3) is 5.60. The normalized spacial score (nSPS) is 24.5. The van der Waals surface area contributed by atoms with Crippen LogP contribution in [0.1, 0.15) is 46.0 Å². The summed E-state index contributed by atoms with van der Waals surface area (Å²) in [6.45, 7) is 5.41. The fraction of sp³-hybridized carbons (Fsp3) is 1.00. The highest BCUT2D eigenvalue weighted by Crippen LogP contribution is 2.23. The van der Waals surface area contributed by atoms with Crippen molar-refractivity contribution in [3.05, 3.63) is 0 Å². The van der Waals surface area contributed by atoms with Crippen LogP contribution in [0.25, 0.3) is 0 Å². The molecule has 0 saturated carbocycles. The van der Waals surface area contributed by atoms with E-state index in [1.54, 1.807) is 0 Å². The molecule has 0 amide bonds. The number of hydrogen-bond donors (Lipinski definition) is 2. The third-order valence-electron chi connectivity index (χ3n) is 3.64. The standard InChI is InChI=1S/C13H28N2OS/c1-3-5-6-11(4-2)9-12(15-14)13-10-17-8-7-16-13/h11-13,15H,3-10,14H2,1-2H3. The lowest BCUT2D eigenvalue weighted by atomic mass is 9.90. The zero-order chi connectivity index (χ0) is 12.5. The van der Waals surface area contributed by atoms with Crippen molar-refractivity contribution in [1.82, 2.24) is 5.43 Å². The highest BCUT2D eigenvalue weighted by molar-refractivity contribution is 7.99. The second-order valence-corrected chi connectivity index (χ2v) is 6.06. The summed E-state index contributed by atoms with van der Waals surface area (Å²) >= 11 is 1.98. The summed E-state index contributed by atoms with van der Waals surface area (Å²) in [4.78, 5) is 0. The molecule has 3 N–H and O–H groups in total. The molecule has 0 aromatic rings. The highest BCUT2D eigenvalue weighted by Gasteiger charge is 2.26. The number of nitrogens with one attached hydrogen (secondary N) is 1. The van der Waals surface area contributed by atoms with Gasteiger partial charge < -0.3 is 4.74 Å². The van der Waals surface area contributed by atoms with Gasteiger partial charge in [-0.05, 0) is 12.3 Å². The Morgan fingerprint density at radius 2 is 2.29 bits per heavy atom. The van der Waals surface area contributed by atoms with Gasteiger partial charge in [-0.1, -0.05) is 39.5 Å². The van der Waals surface area contributed by atoms with Crippen molar-refractivity contribution in [2.24, 2.45) is 11.8 Å². The largest absolute Gasteiger partial charge is 0.375 e. The van der Waals surface area contributed by atoms with E-state index in [2.05, 4.69) is 19.3 Å². The van der Waals surface area contributed by atoms with Gasteiger partial charge in [0.2, 0.25) is 0 Å². The van der Waals surface area contributed by atoms with Gasteiger partial charge in [-0.3, -0.25) is 11.3 Å². The Labute approximate surface area is 110 Å². The first kappa shape index (κ1) is 15.3. The zero-order valence-electron chi connectivity index (χ0n) is 11.3. The number of nitrogens with two attached hydrogens (primary N) is 1. The van der Waals surface area contributed by atoms with E-state index in [4.69, 9.17) is 10.6 Å². The van der Waals surface area contributed by atoms with Gasteiger partial charge in [0.25, 0.3) is 0 Å². The number of rotatable bonds is 8. The fourth-order valence-electron chi connectivity index (χ4n) is 2.41. The monoisotopic (exact) mass is 260 g/mol. The van der Waals surface area contributed by atoms with Crippen molar-refractivity contribution < 1.29 is 4.74 Å². The number of unbranched alkanes of at least 4 members (excludes halogenated alkanes) is 1. The molecule has 0 aliphatic carbocycles. The van der Waals surface area contributed by atoms with E-state index in [1.165, 1.54) is 25.7 Å². The van der Waals surface area contributed by atoms with E-state index in [1.807, 2.05) is 11.8 Å². The van der Waals surface area contributed by atoms with Gasteiger partial charge in [0.15, 0.2) is 0 Å². The first-order valence-electron chi connectivity index (χ1n) is 6.97. The lowest BCUT2D eigenvalue weighted by Gasteiger charge is -2.32. The minimum Gasteiger partial charge on any atom is -0.375 e. The van der Waals surface area contributed by atoms with Crippen LogP contribution in [-0.2, 0) is 4.74 Å². The summed E-state index contributed by atoms with van der Waals surface area (Å²) < 4.78 is 5.82. The predicted molar refractivity (Wildman–Crippen MR) is 76.1 cm³/mol. The van der Waals surface area contributed by atoms with Crippen LogP contribution < -0.4 is 11.3 Å². The van der Waals surface area contributed by atoms with Crippen molar-refractivity contribution in [3.63, 3.8) is 0 Å². The summed E-state index contributed by atoms with van der Waals surface area (Å²) in [5, 5.41) is 0. The number of thioether (sulfide) groups is 1. The minimum absolute atomic E-state index is 0.300. The van der Waals surface area contributed by atoms with Gasteiger partial charge in [-0.15, -0.1) is 0 Å². The molecule has 0 aromatic carbocycles. The van der Waals surface area contributed by atoms with Gasteiger partial charge in [-0.25, -0.2) is 0 Å². The molecule has 0 aromatic heterocycles. The Balaban J connectivity index is 2.36. The number of hydrogen-bond acceptors (Lipinski definition) is 4. The smallest absolute Gasteiger partial charge is 0.0832 e. The summed E-state index contributed by atoms with van der Waals surface area (Å²) in [5.74, 6) is 8.69. The first-order valence-corrected chi connectivity index (χ1v) is 8.12. The van der Waals surface area contributed by atoms with Crippen LogP contribution in [0.5, 0.6) is 0 Å². The van der Waals surface area contributed by atoms with Gasteiger partial charge in [0, 0.05) is 17.5 Å². The SMILES string of the molecule is CCCCC(CC)CC(NN)C1CSCCO1. The molecule has 0 bridgehead atoms. The third-order valence-corrected chi connectivity index (χ3v) is 4.65. The Morgan fingerprint density at radius 3 is 2.82 bits per heavy atom. The molecular weight excluding hydrogens is 232 g/mol. The van der Waals surface area contributed by atoms with Crippen LogP contribution >= 0.6 is 11.8 Å². The van der Waals surface area contributed by atoms with E-state index in [0.717, 1.165) is 30.5 Å². The highest BCUT2D eigenvalue weighted by atomic mass is 32.2. The minimum atomic E-state index is 0.300. The average Bonchev–Trinajstić information content (AvgIpc) is 2.40. The summed E-state index contributed by atoms with van der Waals surface area (Å²) in [7, 11) is 0. The van der Waals surface area contributed by atoms with E-state index in [9.17, 15) is 0 Å². The van der Waals surface area contributed by atoms with Crippen LogP contribution in [0.15, 0.2) is 0 Å². The summed E-state index contributed by atoms with van der Waals surface area (Å²) in [6.07, 6.45) is 6.64. The van der Waals surface area contributed by atoms with E-state index in [-0.39, 0.29) is 0 Å². The maximum atomic E-state index is 5.82. The Morgan fingerprint density at radius 1 is 1.47 bits per heavy atom. The van der Waals surface area contributed by atoms with Crippen molar-refractivity contribution in [1.29, 1.82) is 0 Å². The second kappa shape index (κ2) is 9.20. The number of ether oxygens (including phenoxy) is 1. The quantitative estimate of drug-likeness (QED) is 0.520. The van der Waals surface area contributed by atoms with Gasteiger partial charge in [0.05, 0.1) is 12.7 Å². The predicted octanol–water partition coefficient (Wildman–Crippen LogP) is 2.56. The number of hydrazine groups is 1. The van der Waals surface area contributed by atoms with Gasteiger partial charge in [0.1, 0.15) is 0 Å². The molecule has 0 radical (unpaired) electrons. The van der Waals surface area contributed by atoms with E-state index >= 15 is 0 Å². The van der Waals surface area contributed by atoms with Crippen molar-refractivity contribution >= 4 is 11.8 Å². The summed E-state index contributed by atoms with van der Waals surface area (Å²) in [6, 6.07) is 0.324. The molecule has 17 heavy (non-hydrogen) atoms. The average molecular weight is 260 g/mol. The van der Waals surface area contributed by atoms with Crippen LogP contribution in [0, 0.1) is 5.92 Å².